The molecule has 0 aliphatic carbocycles. The van der Waals surface area contributed by atoms with E-state index in [1.165, 1.54) is 0 Å². The fourth-order valence-electron chi connectivity index (χ4n) is 4.85. The highest BCUT2D eigenvalue weighted by Crippen LogP contribution is 2.26. The van der Waals surface area contributed by atoms with Gasteiger partial charge in [-0.25, -0.2) is 9.67 Å². The van der Waals surface area contributed by atoms with E-state index in [2.05, 4.69) is 39.5 Å². The Labute approximate surface area is 250 Å². The van der Waals surface area contributed by atoms with Crippen molar-refractivity contribution in [2.24, 2.45) is 0 Å². The van der Waals surface area contributed by atoms with E-state index in [9.17, 15) is 0 Å². The van der Waals surface area contributed by atoms with Crippen LogP contribution in [-0.2, 0) is 19.6 Å². The minimum absolute atomic E-state index is 0.494. The van der Waals surface area contributed by atoms with Gasteiger partial charge in [0.25, 0.3) is 0 Å². The summed E-state index contributed by atoms with van der Waals surface area (Å²) in [6, 6.07) is 28.1. The molecule has 0 saturated heterocycles. The SMILES string of the molecule is COc1ccc(CN(Cc2ccc(OC)cc2)c2nc(Nc3ccn4ccnc4c3)nn2Cc2ccc(OC)cc2)cc1. The van der Waals surface area contributed by atoms with E-state index in [-0.39, 0.29) is 0 Å². The van der Waals surface area contributed by atoms with Gasteiger partial charge in [-0.3, -0.25) is 0 Å². The highest BCUT2D eigenvalue weighted by Gasteiger charge is 2.19. The first-order valence-electron chi connectivity index (χ1n) is 13.9. The van der Waals surface area contributed by atoms with E-state index in [0.29, 0.717) is 25.6 Å². The predicted octanol–water partition coefficient (Wildman–Crippen LogP) is 5.95. The number of nitrogens with one attached hydrogen (secondary N) is 1. The maximum Gasteiger partial charge on any atom is 0.248 e. The summed E-state index contributed by atoms with van der Waals surface area (Å²) in [6.07, 6.45) is 5.64. The molecule has 0 radical (unpaired) electrons. The van der Waals surface area contributed by atoms with Crippen LogP contribution in [0.4, 0.5) is 17.6 Å². The summed E-state index contributed by atoms with van der Waals surface area (Å²) in [6.45, 7) is 1.74. The van der Waals surface area contributed by atoms with Crippen LogP contribution in [-0.4, -0.2) is 45.5 Å². The molecule has 3 aromatic heterocycles. The first kappa shape index (κ1) is 27.6. The van der Waals surface area contributed by atoms with E-state index >= 15 is 0 Å². The van der Waals surface area contributed by atoms with Crippen LogP contribution in [0.3, 0.4) is 0 Å². The molecule has 0 unspecified atom stereocenters. The van der Waals surface area contributed by atoms with Crippen molar-refractivity contribution in [2.75, 3.05) is 31.5 Å². The number of methoxy groups -OCH3 is 3. The van der Waals surface area contributed by atoms with Crippen molar-refractivity contribution in [1.82, 2.24) is 24.1 Å². The summed E-state index contributed by atoms with van der Waals surface area (Å²) in [5.41, 5.74) is 5.00. The van der Waals surface area contributed by atoms with Crippen molar-refractivity contribution in [2.45, 2.75) is 19.6 Å². The fraction of sp³-hybridized carbons (Fsp3) is 0.182. The Morgan fingerprint density at radius 3 is 1.81 bits per heavy atom. The zero-order chi connectivity index (χ0) is 29.6. The lowest BCUT2D eigenvalue weighted by atomic mass is 10.1. The van der Waals surface area contributed by atoms with Gasteiger partial charge in [0.15, 0.2) is 0 Å². The molecule has 218 valence electrons. The quantitative estimate of drug-likeness (QED) is 0.191. The van der Waals surface area contributed by atoms with Crippen molar-refractivity contribution in [3.05, 3.63) is 120 Å². The number of anilines is 3. The van der Waals surface area contributed by atoms with Gasteiger partial charge >= 0.3 is 0 Å². The van der Waals surface area contributed by atoms with Crippen molar-refractivity contribution >= 4 is 23.2 Å². The number of fused-ring (bicyclic) bond motifs is 1. The van der Waals surface area contributed by atoms with Gasteiger partial charge in [-0.05, 0) is 59.2 Å². The molecular formula is C33H33N7O3. The van der Waals surface area contributed by atoms with Gasteiger partial charge in [0, 0.05) is 43.4 Å². The fourth-order valence-corrected chi connectivity index (χ4v) is 4.85. The molecule has 0 aliphatic heterocycles. The van der Waals surface area contributed by atoms with Crippen LogP contribution in [0.15, 0.2) is 104 Å². The van der Waals surface area contributed by atoms with Gasteiger partial charge in [0.2, 0.25) is 11.9 Å². The number of ether oxygens (including phenoxy) is 3. The standard InChI is InChI=1S/C33H33N7O3/c1-41-28-10-4-24(5-11-28)21-39(22-25-6-12-29(42-2)13-7-25)33-36-32(35-27-16-18-38-19-17-34-31(38)20-27)37-40(33)23-26-8-14-30(43-3)15-9-26/h4-20H,21-23H2,1-3H3,(H,35,37). The number of pyridine rings is 1. The molecule has 10 heteroatoms. The molecule has 0 bridgehead atoms. The summed E-state index contributed by atoms with van der Waals surface area (Å²) in [7, 11) is 5.01. The molecule has 43 heavy (non-hydrogen) atoms. The minimum atomic E-state index is 0.494. The van der Waals surface area contributed by atoms with Crippen LogP contribution < -0.4 is 24.4 Å². The number of nitrogens with zero attached hydrogens (tertiary/aromatic N) is 6. The summed E-state index contributed by atoms with van der Waals surface area (Å²) >= 11 is 0. The molecule has 3 heterocycles. The van der Waals surface area contributed by atoms with E-state index < -0.39 is 0 Å². The summed E-state index contributed by atoms with van der Waals surface area (Å²) in [5, 5.41) is 8.31. The van der Waals surface area contributed by atoms with Crippen molar-refractivity contribution in [3.63, 3.8) is 0 Å². The number of aromatic nitrogens is 5. The monoisotopic (exact) mass is 575 g/mol. The lowest BCUT2D eigenvalue weighted by Gasteiger charge is -2.24. The van der Waals surface area contributed by atoms with Crippen LogP contribution in [0.1, 0.15) is 16.7 Å². The topological polar surface area (TPSA) is 91.0 Å². The molecular weight excluding hydrogens is 542 g/mol. The molecule has 3 aromatic carbocycles. The highest BCUT2D eigenvalue weighted by molar-refractivity contribution is 5.60. The number of benzene rings is 3. The zero-order valence-corrected chi connectivity index (χ0v) is 24.3. The second-order valence-electron chi connectivity index (χ2n) is 10.0. The Hall–Kier alpha value is -5.51. The Morgan fingerprint density at radius 1 is 0.698 bits per heavy atom. The molecule has 0 amide bonds. The summed E-state index contributed by atoms with van der Waals surface area (Å²) in [4.78, 5) is 11.7. The van der Waals surface area contributed by atoms with E-state index in [0.717, 1.165) is 51.2 Å². The molecule has 0 fully saturated rings. The van der Waals surface area contributed by atoms with Crippen LogP contribution in [0, 0.1) is 0 Å². The van der Waals surface area contributed by atoms with Gasteiger partial charge in [-0.2, -0.15) is 4.98 Å². The number of hydrogen-bond donors (Lipinski definition) is 1. The maximum atomic E-state index is 5.38. The van der Waals surface area contributed by atoms with Gasteiger partial charge in [0.05, 0.1) is 27.9 Å². The third kappa shape index (κ3) is 6.54. The second kappa shape index (κ2) is 12.6. The smallest absolute Gasteiger partial charge is 0.248 e. The Morgan fingerprint density at radius 2 is 1.26 bits per heavy atom. The van der Waals surface area contributed by atoms with E-state index in [1.807, 2.05) is 82.1 Å². The minimum Gasteiger partial charge on any atom is -0.497 e. The lowest BCUT2D eigenvalue weighted by molar-refractivity contribution is 0.414. The average Bonchev–Trinajstić information content (AvgIpc) is 3.68. The molecule has 6 rings (SSSR count). The van der Waals surface area contributed by atoms with Gasteiger partial charge < -0.3 is 28.8 Å². The van der Waals surface area contributed by atoms with Crippen molar-refractivity contribution < 1.29 is 14.2 Å². The van der Waals surface area contributed by atoms with Crippen LogP contribution in [0.5, 0.6) is 17.2 Å². The molecule has 0 aliphatic rings. The van der Waals surface area contributed by atoms with Crippen LogP contribution >= 0.6 is 0 Å². The number of hydrogen-bond acceptors (Lipinski definition) is 8. The molecule has 0 spiro atoms. The summed E-state index contributed by atoms with van der Waals surface area (Å²) in [5.74, 6) is 3.66. The van der Waals surface area contributed by atoms with Crippen molar-refractivity contribution in [3.8, 4) is 17.2 Å². The normalized spacial score (nSPS) is 11.0. The third-order valence-electron chi connectivity index (χ3n) is 7.15. The maximum absolute atomic E-state index is 5.38. The van der Waals surface area contributed by atoms with Crippen LogP contribution in [0.2, 0.25) is 0 Å². The molecule has 0 saturated carbocycles. The molecule has 1 N–H and O–H groups in total. The second-order valence-corrected chi connectivity index (χ2v) is 10.0. The van der Waals surface area contributed by atoms with Gasteiger partial charge in [-0.1, -0.05) is 36.4 Å². The molecule has 0 atom stereocenters. The summed E-state index contributed by atoms with van der Waals surface area (Å²) < 4.78 is 20.0. The molecule has 10 nitrogen and oxygen atoms in total. The van der Waals surface area contributed by atoms with Gasteiger partial charge in [0.1, 0.15) is 22.9 Å². The van der Waals surface area contributed by atoms with E-state index in [1.54, 1.807) is 27.5 Å². The van der Waals surface area contributed by atoms with Gasteiger partial charge in [-0.15, -0.1) is 5.10 Å². The average molecular weight is 576 g/mol. The number of imidazole rings is 1. The van der Waals surface area contributed by atoms with Crippen LogP contribution in [0.25, 0.3) is 5.65 Å². The first-order valence-corrected chi connectivity index (χ1v) is 13.9. The Kier molecular flexibility index (Phi) is 8.08. The third-order valence-corrected chi connectivity index (χ3v) is 7.15. The zero-order valence-electron chi connectivity index (χ0n) is 24.3. The van der Waals surface area contributed by atoms with E-state index in [4.69, 9.17) is 24.3 Å². The molecule has 6 aromatic rings. The number of rotatable bonds is 12. The predicted molar refractivity (Wildman–Crippen MR) is 166 cm³/mol. The Balaban J connectivity index is 1.38. The lowest BCUT2D eigenvalue weighted by Crippen LogP contribution is -2.26. The largest absolute Gasteiger partial charge is 0.497 e. The van der Waals surface area contributed by atoms with Crippen molar-refractivity contribution in [1.29, 1.82) is 0 Å². The Bertz CT molecular complexity index is 1730. The highest BCUT2D eigenvalue weighted by atomic mass is 16.5. The first-order chi connectivity index (χ1) is 21.1.